The van der Waals surface area contributed by atoms with Gasteiger partial charge in [0.1, 0.15) is 18.2 Å². The van der Waals surface area contributed by atoms with Crippen LogP contribution in [-0.4, -0.2) is 74.7 Å². The molecule has 2 N–H and O–H groups in total. The van der Waals surface area contributed by atoms with Gasteiger partial charge in [0.05, 0.1) is 28.9 Å². The number of carbonyl (C=O) groups excluding carboxylic acids is 2. The van der Waals surface area contributed by atoms with Gasteiger partial charge < -0.3 is 20.3 Å². The largest absolute Gasteiger partial charge is 0.459 e. The number of hydrogen-bond donors (Lipinski definition) is 2. The fourth-order valence-corrected chi connectivity index (χ4v) is 5.55. The number of fused-ring (bicyclic) bond motifs is 1. The second-order valence-corrected chi connectivity index (χ2v) is 10.7. The lowest BCUT2D eigenvalue weighted by Crippen LogP contribution is -2.45. The van der Waals surface area contributed by atoms with Gasteiger partial charge in [0, 0.05) is 30.9 Å². The van der Waals surface area contributed by atoms with Gasteiger partial charge in [-0.05, 0) is 63.0 Å². The van der Waals surface area contributed by atoms with Crippen LogP contribution in [0, 0.1) is 17.1 Å². The number of amides is 1. The summed E-state index contributed by atoms with van der Waals surface area (Å²) in [4.78, 5) is 35.9. The minimum Gasteiger partial charge on any atom is -0.459 e. The molecule has 2 saturated heterocycles. The number of aromatic nitrogens is 4. The van der Waals surface area contributed by atoms with Crippen LogP contribution in [-0.2, 0) is 9.53 Å². The van der Waals surface area contributed by atoms with Crippen molar-refractivity contribution in [2.75, 3.05) is 31.5 Å². The van der Waals surface area contributed by atoms with Crippen molar-refractivity contribution in [1.82, 2.24) is 29.8 Å². The summed E-state index contributed by atoms with van der Waals surface area (Å²) in [6, 6.07) is 13.8. The number of benzene rings is 1. The molecule has 5 heterocycles. The molecule has 2 aliphatic heterocycles. The van der Waals surface area contributed by atoms with E-state index in [9.17, 15) is 9.59 Å². The van der Waals surface area contributed by atoms with E-state index >= 15 is 4.39 Å². The fraction of sp³-hybridized carbons (Fsp3) is 0.355. The van der Waals surface area contributed by atoms with E-state index in [0.717, 1.165) is 31.4 Å². The van der Waals surface area contributed by atoms with Gasteiger partial charge in [-0.1, -0.05) is 18.2 Å². The number of nitrogens with zero attached hydrogens (tertiary/aromatic N) is 6. The number of nitrogens with one attached hydrogen (secondary N) is 2. The van der Waals surface area contributed by atoms with Crippen molar-refractivity contribution in [3.05, 3.63) is 66.2 Å². The van der Waals surface area contributed by atoms with E-state index in [1.807, 2.05) is 24.3 Å². The van der Waals surface area contributed by atoms with Gasteiger partial charge in [-0.25, -0.2) is 23.7 Å². The maximum atomic E-state index is 16.2. The van der Waals surface area contributed by atoms with Crippen LogP contribution in [0.2, 0.25) is 0 Å². The third kappa shape index (κ3) is 6.17. The Labute approximate surface area is 247 Å². The second-order valence-electron chi connectivity index (χ2n) is 10.7. The summed E-state index contributed by atoms with van der Waals surface area (Å²) < 4.78 is 23.5. The second kappa shape index (κ2) is 12.5. The third-order valence-electron chi connectivity index (χ3n) is 7.82. The minimum atomic E-state index is -0.647. The van der Waals surface area contributed by atoms with Gasteiger partial charge in [-0.15, -0.1) is 0 Å². The van der Waals surface area contributed by atoms with Crippen LogP contribution in [0.5, 0.6) is 0 Å². The summed E-state index contributed by atoms with van der Waals surface area (Å²) >= 11 is 0. The molecular weight excluding hydrogens is 551 g/mol. The number of nitriles is 1. The molecule has 0 aliphatic carbocycles. The summed E-state index contributed by atoms with van der Waals surface area (Å²) in [7, 11) is 0. The third-order valence-corrected chi connectivity index (χ3v) is 7.82. The van der Waals surface area contributed by atoms with Crippen LogP contribution < -0.4 is 10.6 Å². The van der Waals surface area contributed by atoms with Gasteiger partial charge in [0.25, 0.3) is 0 Å². The molecule has 2 aliphatic rings. The van der Waals surface area contributed by atoms with E-state index in [-0.39, 0.29) is 41.8 Å². The van der Waals surface area contributed by atoms with Crippen LogP contribution in [0.1, 0.15) is 42.5 Å². The molecule has 0 unspecified atom stereocenters. The molecule has 12 heteroatoms. The Kier molecular flexibility index (Phi) is 8.24. The van der Waals surface area contributed by atoms with Crippen LogP contribution in [0.25, 0.3) is 28.2 Å². The Morgan fingerprint density at radius 1 is 1.12 bits per heavy atom. The number of likely N-dealkylation sites (tertiary alicyclic amines) is 1. The molecule has 1 aromatic carbocycles. The summed E-state index contributed by atoms with van der Waals surface area (Å²) in [6.07, 6.45) is 6.07. The first-order valence-electron chi connectivity index (χ1n) is 14.4. The van der Waals surface area contributed by atoms with E-state index < -0.39 is 11.8 Å². The van der Waals surface area contributed by atoms with Crippen molar-refractivity contribution in [2.24, 2.45) is 0 Å². The van der Waals surface area contributed by atoms with Crippen molar-refractivity contribution < 1.29 is 18.7 Å². The molecule has 1 atom stereocenters. The molecule has 220 valence electrons. The van der Waals surface area contributed by atoms with Gasteiger partial charge in [-0.2, -0.15) is 10.4 Å². The number of ether oxygens (including phenoxy) is 1. The minimum absolute atomic E-state index is 0.00394. The molecule has 0 bridgehead atoms. The molecule has 0 spiro atoms. The summed E-state index contributed by atoms with van der Waals surface area (Å²) in [5, 5.41) is 19.8. The number of hydrogen-bond acceptors (Lipinski definition) is 9. The number of carbonyl (C=O) groups is 2. The molecule has 0 saturated carbocycles. The van der Waals surface area contributed by atoms with Gasteiger partial charge in [0.2, 0.25) is 5.91 Å². The average molecular weight is 583 g/mol. The lowest BCUT2D eigenvalue weighted by molar-refractivity contribution is -0.131. The van der Waals surface area contributed by atoms with E-state index in [2.05, 4.69) is 25.7 Å². The number of esters is 1. The zero-order chi connectivity index (χ0) is 29.8. The van der Waals surface area contributed by atoms with E-state index in [1.54, 1.807) is 46.1 Å². The molecule has 2 fully saturated rings. The van der Waals surface area contributed by atoms with Crippen LogP contribution in [0.3, 0.4) is 0 Å². The van der Waals surface area contributed by atoms with Crippen molar-refractivity contribution in [2.45, 2.75) is 44.2 Å². The van der Waals surface area contributed by atoms with Crippen LogP contribution in [0.4, 0.5) is 10.2 Å². The maximum absolute atomic E-state index is 16.2. The Hall–Kier alpha value is -4.89. The van der Waals surface area contributed by atoms with Crippen molar-refractivity contribution in [3.63, 3.8) is 0 Å². The monoisotopic (exact) mass is 582 g/mol. The predicted molar refractivity (Wildman–Crippen MR) is 156 cm³/mol. The zero-order valence-electron chi connectivity index (χ0n) is 23.5. The molecular formula is C31H31FN8O3. The highest BCUT2D eigenvalue weighted by atomic mass is 19.1. The summed E-state index contributed by atoms with van der Waals surface area (Å²) in [5.41, 5.74) is 2.29. The SMILES string of the molecule is N#CCC(=O)N1CCC[C@@H](Nc2nc(-c3cnn4ccccc34)nc(-c3ccc(C(=O)OC4CCNCC4)cc3)c2F)C1. The number of piperidine rings is 2. The topological polar surface area (TPSA) is 138 Å². The molecule has 43 heavy (non-hydrogen) atoms. The first kappa shape index (κ1) is 28.2. The normalized spacial score (nSPS) is 17.4. The first-order chi connectivity index (χ1) is 21.0. The number of rotatable bonds is 7. The Balaban J connectivity index is 1.32. The molecule has 6 rings (SSSR count). The van der Waals surface area contributed by atoms with Crippen LogP contribution >= 0.6 is 0 Å². The Morgan fingerprint density at radius 2 is 1.93 bits per heavy atom. The summed E-state index contributed by atoms with van der Waals surface area (Å²) in [6.45, 7) is 2.50. The van der Waals surface area contributed by atoms with Gasteiger partial charge >= 0.3 is 5.97 Å². The summed E-state index contributed by atoms with van der Waals surface area (Å²) in [5.74, 6) is -1.02. The van der Waals surface area contributed by atoms with Crippen molar-refractivity contribution >= 4 is 23.2 Å². The highest BCUT2D eigenvalue weighted by molar-refractivity contribution is 5.90. The lowest BCUT2D eigenvalue weighted by atomic mass is 10.0. The predicted octanol–water partition coefficient (Wildman–Crippen LogP) is 3.82. The fourth-order valence-electron chi connectivity index (χ4n) is 5.55. The highest BCUT2D eigenvalue weighted by Crippen LogP contribution is 2.31. The molecule has 0 radical (unpaired) electrons. The Bertz CT molecular complexity index is 1680. The van der Waals surface area contributed by atoms with E-state index in [1.165, 1.54) is 0 Å². The number of pyridine rings is 1. The van der Waals surface area contributed by atoms with Gasteiger partial charge in [0.15, 0.2) is 17.5 Å². The lowest BCUT2D eigenvalue weighted by Gasteiger charge is -2.33. The van der Waals surface area contributed by atoms with E-state index in [4.69, 9.17) is 10.00 Å². The standard InChI is InChI=1S/C31H31FN8O3/c32-27-28(20-6-8-21(9-7-20)31(42)43-23-11-14-34-15-12-23)37-29(24-18-35-40-17-2-1-5-25(24)40)38-30(27)36-22-4-3-16-39(19-22)26(41)10-13-33/h1-2,5-9,17-18,22-23,34H,3-4,10-12,14-16,19H2,(H,36,37,38)/t22-/m1/s1. The highest BCUT2D eigenvalue weighted by Gasteiger charge is 2.27. The number of halogens is 1. The van der Waals surface area contributed by atoms with Crippen molar-refractivity contribution in [3.8, 4) is 28.7 Å². The van der Waals surface area contributed by atoms with Gasteiger partial charge in [-0.3, -0.25) is 4.79 Å². The Morgan fingerprint density at radius 3 is 2.72 bits per heavy atom. The van der Waals surface area contributed by atoms with E-state index in [0.29, 0.717) is 42.6 Å². The van der Waals surface area contributed by atoms with Crippen LogP contribution in [0.15, 0.2) is 54.9 Å². The molecule has 3 aromatic heterocycles. The maximum Gasteiger partial charge on any atom is 0.338 e. The number of anilines is 1. The van der Waals surface area contributed by atoms with Crippen molar-refractivity contribution in [1.29, 1.82) is 5.26 Å². The smallest absolute Gasteiger partial charge is 0.338 e. The average Bonchev–Trinajstić information content (AvgIpc) is 3.47. The molecule has 11 nitrogen and oxygen atoms in total. The molecule has 1 amide bonds. The quantitative estimate of drug-likeness (QED) is 0.312. The first-order valence-corrected chi connectivity index (χ1v) is 14.4. The molecule has 4 aromatic rings. The zero-order valence-corrected chi connectivity index (χ0v) is 23.5.